The zero-order chi connectivity index (χ0) is 18.1. The molecule has 0 radical (unpaired) electrons. The normalized spacial score (nSPS) is 11.7. The Hall–Kier alpha value is -2.85. The van der Waals surface area contributed by atoms with E-state index in [1.807, 2.05) is 54.9 Å². The number of nitrogens with zero attached hydrogens (tertiary/aromatic N) is 2. The van der Waals surface area contributed by atoms with Gasteiger partial charge in [0.25, 0.3) is 0 Å². The van der Waals surface area contributed by atoms with E-state index < -0.39 is 0 Å². The molecule has 0 spiro atoms. The molecule has 4 aromatic rings. The highest BCUT2D eigenvalue weighted by Crippen LogP contribution is 2.27. The van der Waals surface area contributed by atoms with E-state index in [1.54, 1.807) is 0 Å². The number of benzene rings is 2. The quantitative estimate of drug-likeness (QED) is 0.529. The Balaban J connectivity index is 1.75. The second kappa shape index (κ2) is 6.81. The van der Waals surface area contributed by atoms with Gasteiger partial charge < -0.3 is 14.5 Å². The van der Waals surface area contributed by atoms with Crippen LogP contribution in [0.15, 0.2) is 60.9 Å². The largest absolute Gasteiger partial charge is 0.360 e. The molecule has 0 aliphatic carbocycles. The minimum atomic E-state index is 0.0741. The Bertz CT molecular complexity index is 1070. The molecule has 0 atom stereocenters. The van der Waals surface area contributed by atoms with E-state index in [1.165, 1.54) is 0 Å². The Morgan fingerprint density at radius 2 is 1.73 bits per heavy atom. The van der Waals surface area contributed by atoms with Crippen molar-refractivity contribution in [3.63, 3.8) is 0 Å². The maximum absolute atomic E-state index is 13.3. The topological polar surface area (TPSA) is 41.0 Å². The van der Waals surface area contributed by atoms with Crippen molar-refractivity contribution in [2.24, 2.45) is 0 Å². The zero-order valence-corrected chi connectivity index (χ0v) is 15.2. The van der Waals surface area contributed by atoms with Crippen LogP contribution in [0.3, 0.4) is 0 Å². The van der Waals surface area contributed by atoms with Crippen LogP contribution in [-0.2, 0) is 6.54 Å². The van der Waals surface area contributed by atoms with Crippen LogP contribution in [0.25, 0.3) is 21.8 Å². The number of hydrogen-bond acceptors (Lipinski definition) is 2. The zero-order valence-electron chi connectivity index (χ0n) is 15.2. The highest BCUT2D eigenvalue weighted by atomic mass is 16.1. The Morgan fingerprint density at radius 1 is 1.00 bits per heavy atom. The summed E-state index contributed by atoms with van der Waals surface area (Å²) < 4.78 is 2.21. The van der Waals surface area contributed by atoms with Crippen LogP contribution in [0.5, 0.6) is 0 Å². The average Bonchev–Trinajstić information content (AvgIpc) is 3.23. The van der Waals surface area contributed by atoms with Gasteiger partial charge in [-0.15, -0.1) is 0 Å². The van der Waals surface area contributed by atoms with Crippen molar-refractivity contribution in [2.45, 2.75) is 13.0 Å². The number of H-pyrrole nitrogens is 1. The van der Waals surface area contributed by atoms with Crippen molar-refractivity contribution in [3.05, 3.63) is 72.1 Å². The molecule has 26 heavy (non-hydrogen) atoms. The van der Waals surface area contributed by atoms with Crippen LogP contribution < -0.4 is 0 Å². The number of aromatic nitrogens is 2. The molecule has 4 nitrogen and oxygen atoms in total. The fourth-order valence-corrected chi connectivity index (χ4v) is 3.57. The fraction of sp³-hybridized carbons (Fsp3) is 0.227. The fourth-order valence-electron chi connectivity index (χ4n) is 3.57. The molecule has 4 heteroatoms. The van der Waals surface area contributed by atoms with Crippen LogP contribution in [0, 0.1) is 0 Å². The average molecular weight is 345 g/mol. The summed E-state index contributed by atoms with van der Waals surface area (Å²) in [5.41, 5.74) is 3.62. The molecule has 2 aromatic carbocycles. The second-order valence-corrected chi connectivity index (χ2v) is 6.99. The van der Waals surface area contributed by atoms with Gasteiger partial charge in [-0.1, -0.05) is 36.4 Å². The molecule has 0 aliphatic heterocycles. The predicted molar refractivity (Wildman–Crippen MR) is 107 cm³/mol. The van der Waals surface area contributed by atoms with Gasteiger partial charge in [-0.2, -0.15) is 0 Å². The number of carbonyl (C=O) groups excluding carboxylic acids is 1. The smallest absolute Gasteiger partial charge is 0.197 e. The number of aromatic amines is 1. The summed E-state index contributed by atoms with van der Waals surface area (Å²) in [7, 11) is 4.17. The Morgan fingerprint density at radius 3 is 2.54 bits per heavy atom. The van der Waals surface area contributed by atoms with E-state index in [4.69, 9.17) is 0 Å². The highest BCUT2D eigenvalue weighted by Gasteiger charge is 2.19. The van der Waals surface area contributed by atoms with Crippen molar-refractivity contribution in [1.29, 1.82) is 0 Å². The molecular weight excluding hydrogens is 322 g/mol. The molecule has 1 N–H and O–H groups in total. The molecule has 0 fully saturated rings. The molecule has 0 amide bonds. The van der Waals surface area contributed by atoms with Gasteiger partial charge in [0.2, 0.25) is 0 Å². The Kier molecular flexibility index (Phi) is 4.35. The molecule has 132 valence electrons. The van der Waals surface area contributed by atoms with Crippen LogP contribution >= 0.6 is 0 Å². The van der Waals surface area contributed by atoms with E-state index in [9.17, 15) is 4.79 Å². The van der Waals surface area contributed by atoms with Crippen LogP contribution in [0.1, 0.15) is 22.3 Å². The predicted octanol–water partition coefficient (Wildman–Crippen LogP) is 4.31. The van der Waals surface area contributed by atoms with Crippen LogP contribution in [-0.4, -0.2) is 40.9 Å². The van der Waals surface area contributed by atoms with Crippen molar-refractivity contribution in [2.75, 3.05) is 20.6 Å². The van der Waals surface area contributed by atoms with Crippen molar-refractivity contribution >= 4 is 27.6 Å². The van der Waals surface area contributed by atoms with Gasteiger partial charge in [0.05, 0.1) is 0 Å². The number of aryl methyl sites for hydroxylation is 1. The molecule has 0 aliphatic rings. The van der Waals surface area contributed by atoms with Crippen molar-refractivity contribution in [3.8, 4) is 0 Å². The van der Waals surface area contributed by atoms with E-state index in [0.717, 1.165) is 52.4 Å². The first-order chi connectivity index (χ1) is 12.6. The number of fused-ring (bicyclic) bond motifs is 2. The van der Waals surface area contributed by atoms with E-state index >= 15 is 0 Å². The number of ketones is 1. The summed E-state index contributed by atoms with van der Waals surface area (Å²) in [6.07, 6.45) is 4.89. The number of carbonyl (C=O) groups is 1. The summed E-state index contributed by atoms with van der Waals surface area (Å²) >= 11 is 0. The molecule has 2 aromatic heterocycles. The van der Waals surface area contributed by atoms with E-state index in [2.05, 4.69) is 34.6 Å². The SMILES string of the molecule is CN(C)CCCn1cc(C(=O)c2c[nH]c3ccccc23)c2ccccc21. The summed E-state index contributed by atoms with van der Waals surface area (Å²) in [6, 6.07) is 16.1. The molecule has 0 bridgehead atoms. The van der Waals surface area contributed by atoms with Crippen LogP contribution in [0.4, 0.5) is 0 Å². The molecule has 0 saturated carbocycles. The third-order valence-corrected chi connectivity index (χ3v) is 4.87. The monoisotopic (exact) mass is 345 g/mol. The molecule has 4 rings (SSSR count). The maximum Gasteiger partial charge on any atom is 0.197 e. The second-order valence-electron chi connectivity index (χ2n) is 6.99. The minimum Gasteiger partial charge on any atom is -0.360 e. The van der Waals surface area contributed by atoms with E-state index in [0.29, 0.717) is 0 Å². The maximum atomic E-state index is 13.3. The highest BCUT2D eigenvalue weighted by molar-refractivity contribution is 6.21. The summed E-state index contributed by atoms with van der Waals surface area (Å²) in [5.74, 6) is 0.0741. The number of hydrogen-bond donors (Lipinski definition) is 1. The first-order valence-corrected chi connectivity index (χ1v) is 8.98. The van der Waals surface area contributed by atoms with Gasteiger partial charge in [0.1, 0.15) is 0 Å². The molecule has 0 saturated heterocycles. The van der Waals surface area contributed by atoms with Crippen molar-refractivity contribution in [1.82, 2.24) is 14.5 Å². The standard InChI is InChI=1S/C22H23N3O/c1-24(2)12-7-13-25-15-19(17-9-4-6-11-21(17)25)22(26)18-14-23-20-10-5-3-8-16(18)20/h3-6,8-11,14-15,23H,7,12-13H2,1-2H3. The van der Waals surface area contributed by atoms with Gasteiger partial charge in [0, 0.05) is 51.9 Å². The minimum absolute atomic E-state index is 0.0741. The number of nitrogens with one attached hydrogen (secondary N) is 1. The molecule has 2 heterocycles. The van der Waals surface area contributed by atoms with Crippen LogP contribution in [0.2, 0.25) is 0 Å². The molecule has 0 unspecified atom stereocenters. The first kappa shape index (κ1) is 16.6. The van der Waals surface area contributed by atoms with E-state index in [-0.39, 0.29) is 5.78 Å². The number of para-hydroxylation sites is 2. The summed E-state index contributed by atoms with van der Waals surface area (Å²) in [4.78, 5) is 18.7. The van der Waals surface area contributed by atoms with Gasteiger partial charge >= 0.3 is 0 Å². The summed E-state index contributed by atoms with van der Waals surface area (Å²) in [6.45, 7) is 1.93. The third kappa shape index (κ3) is 2.93. The lowest BCUT2D eigenvalue weighted by molar-refractivity contribution is 0.104. The molecular formula is C22H23N3O. The Labute approximate surface area is 153 Å². The van der Waals surface area contributed by atoms with Gasteiger partial charge in [-0.3, -0.25) is 4.79 Å². The van der Waals surface area contributed by atoms with Gasteiger partial charge in [-0.25, -0.2) is 0 Å². The lowest BCUT2D eigenvalue weighted by Gasteiger charge is -2.10. The number of rotatable bonds is 6. The van der Waals surface area contributed by atoms with Crippen molar-refractivity contribution < 1.29 is 4.79 Å². The summed E-state index contributed by atoms with van der Waals surface area (Å²) in [5, 5.41) is 1.99. The lowest BCUT2D eigenvalue weighted by atomic mass is 10.0. The lowest BCUT2D eigenvalue weighted by Crippen LogP contribution is -2.14. The van der Waals surface area contributed by atoms with Gasteiger partial charge in [-0.05, 0) is 39.2 Å². The van der Waals surface area contributed by atoms with Gasteiger partial charge in [0.15, 0.2) is 5.78 Å². The third-order valence-electron chi connectivity index (χ3n) is 4.87. The first-order valence-electron chi connectivity index (χ1n) is 8.98.